The summed E-state index contributed by atoms with van der Waals surface area (Å²) in [6, 6.07) is 0. The van der Waals surface area contributed by atoms with Crippen molar-refractivity contribution in [3.05, 3.63) is 0 Å². The molecule has 0 saturated carbocycles. The molecule has 0 aromatic carbocycles. The molecule has 3 nitrogen and oxygen atoms in total. The third-order valence-corrected chi connectivity index (χ3v) is 1.33. The summed E-state index contributed by atoms with van der Waals surface area (Å²) in [5.41, 5.74) is 0. The van der Waals surface area contributed by atoms with Crippen LogP contribution in [0.4, 0.5) is 4.79 Å². The Morgan fingerprint density at radius 2 is 2.20 bits per heavy atom. The zero-order valence-corrected chi connectivity index (χ0v) is 6.42. The van der Waals surface area contributed by atoms with E-state index in [4.69, 9.17) is 0 Å². The van der Waals surface area contributed by atoms with Gasteiger partial charge in [-0.05, 0) is 12.8 Å². The van der Waals surface area contributed by atoms with Crippen LogP contribution >= 0.6 is 0 Å². The summed E-state index contributed by atoms with van der Waals surface area (Å²) in [6.45, 7) is 3.88. The summed E-state index contributed by atoms with van der Waals surface area (Å²) < 4.78 is 4.45. The zero-order valence-electron chi connectivity index (χ0n) is 6.42. The molecule has 0 fully saturated rings. The summed E-state index contributed by atoms with van der Waals surface area (Å²) in [6.07, 6.45) is 0.855. The molecule has 0 rings (SSSR count). The van der Waals surface area contributed by atoms with Crippen LogP contribution in [-0.2, 0) is 4.74 Å². The van der Waals surface area contributed by atoms with Crippen LogP contribution in [0, 0.1) is 0 Å². The van der Waals surface area contributed by atoms with Crippen LogP contribution in [0.2, 0.25) is 0 Å². The molecule has 0 saturated heterocycles. The van der Waals surface area contributed by atoms with Crippen molar-refractivity contribution < 1.29 is 14.6 Å². The lowest BCUT2D eigenvalue weighted by Crippen LogP contribution is -2.28. The van der Waals surface area contributed by atoms with Crippen molar-refractivity contribution in [1.82, 2.24) is 0 Å². The van der Waals surface area contributed by atoms with E-state index in [9.17, 15) is 9.90 Å². The standard InChI is InChI=1S/C7H14O3/c1-3-5-6(4-2)10-7(8)9/h6H,3-5H2,1-2H3,(H,8,9)/p-1. The van der Waals surface area contributed by atoms with Crippen molar-refractivity contribution in [2.24, 2.45) is 0 Å². The van der Waals surface area contributed by atoms with Crippen molar-refractivity contribution >= 4 is 6.16 Å². The predicted octanol–water partition coefficient (Wildman–Crippen LogP) is 0.925. The fraction of sp³-hybridized carbons (Fsp3) is 0.857. The van der Waals surface area contributed by atoms with Crippen molar-refractivity contribution in [3.63, 3.8) is 0 Å². The fourth-order valence-corrected chi connectivity index (χ4v) is 0.804. The number of carbonyl (C=O) groups excluding carboxylic acids is 1. The third kappa shape index (κ3) is 4.18. The Morgan fingerprint density at radius 3 is 2.50 bits per heavy atom. The van der Waals surface area contributed by atoms with Gasteiger partial charge < -0.3 is 14.6 Å². The van der Waals surface area contributed by atoms with E-state index < -0.39 is 6.16 Å². The van der Waals surface area contributed by atoms with Gasteiger partial charge in [-0.2, -0.15) is 0 Å². The van der Waals surface area contributed by atoms with Crippen molar-refractivity contribution in [3.8, 4) is 0 Å². The summed E-state index contributed by atoms with van der Waals surface area (Å²) in [5.74, 6) is 0. The molecule has 0 aliphatic rings. The highest BCUT2D eigenvalue weighted by Crippen LogP contribution is 2.05. The van der Waals surface area contributed by atoms with Gasteiger partial charge in [0.15, 0.2) is 0 Å². The molecule has 0 bridgehead atoms. The van der Waals surface area contributed by atoms with Gasteiger partial charge in [0.1, 0.15) is 0 Å². The Kier molecular flexibility index (Phi) is 4.72. The first kappa shape index (κ1) is 9.27. The highest BCUT2D eigenvalue weighted by atomic mass is 16.7. The van der Waals surface area contributed by atoms with Gasteiger partial charge in [-0.15, -0.1) is 0 Å². The fourth-order valence-electron chi connectivity index (χ4n) is 0.804. The van der Waals surface area contributed by atoms with Gasteiger partial charge in [-0.3, -0.25) is 0 Å². The average Bonchev–Trinajstić information content (AvgIpc) is 1.86. The third-order valence-electron chi connectivity index (χ3n) is 1.33. The van der Waals surface area contributed by atoms with Crippen LogP contribution in [0.3, 0.4) is 0 Å². The van der Waals surface area contributed by atoms with E-state index in [2.05, 4.69) is 4.74 Å². The second kappa shape index (κ2) is 5.09. The molecule has 0 aliphatic carbocycles. The smallest absolute Gasteiger partial charge is 0.252 e. The Balaban J connectivity index is 3.49. The minimum Gasteiger partial charge on any atom is -0.546 e. The Labute approximate surface area is 61.0 Å². The van der Waals surface area contributed by atoms with E-state index in [1.54, 1.807) is 0 Å². The topological polar surface area (TPSA) is 49.4 Å². The van der Waals surface area contributed by atoms with E-state index >= 15 is 0 Å². The second-order valence-electron chi connectivity index (χ2n) is 2.19. The van der Waals surface area contributed by atoms with Crippen molar-refractivity contribution in [2.75, 3.05) is 0 Å². The van der Waals surface area contributed by atoms with Gasteiger partial charge in [0.25, 0.3) is 6.16 Å². The quantitative estimate of drug-likeness (QED) is 0.553. The Hall–Kier alpha value is -0.730. The minimum atomic E-state index is -1.42. The summed E-state index contributed by atoms with van der Waals surface area (Å²) >= 11 is 0. The molecular formula is C7H13O3-. The van der Waals surface area contributed by atoms with E-state index in [-0.39, 0.29) is 6.10 Å². The van der Waals surface area contributed by atoms with E-state index in [0.717, 1.165) is 19.3 Å². The van der Waals surface area contributed by atoms with Crippen LogP contribution in [0.1, 0.15) is 33.1 Å². The number of carboxylic acid groups (broad SMARTS) is 1. The van der Waals surface area contributed by atoms with E-state index in [1.807, 2.05) is 13.8 Å². The number of rotatable bonds is 4. The molecule has 0 aliphatic heterocycles. The maximum Gasteiger partial charge on any atom is 0.252 e. The van der Waals surface area contributed by atoms with Crippen LogP contribution in [0.5, 0.6) is 0 Å². The molecule has 1 atom stereocenters. The largest absolute Gasteiger partial charge is 0.546 e. The molecule has 0 amide bonds. The first-order valence-corrected chi connectivity index (χ1v) is 3.58. The Morgan fingerprint density at radius 1 is 1.60 bits per heavy atom. The van der Waals surface area contributed by atoms with Crippen LogP contribution in [0.15, 0.2) is 0 Å². The van der Waals surface area contributed by atoms with E-state index in [0.29, 0.717) is 0 Å². The maximum atomic E-state index is 9.91. The highest BCUT2D eigenvalue weighted by molar-refractivity contribution is 5.54. The lowest BCUT2D eigenvalue weighted by atomic mass is 10.2. The summed E-state index contributed by atoms with van der Waals surface area (Å²) in [7, 11) is 0. The van der Waals surface area contributed by atoms with Gasteiger partial charge in [0, 0.05) is 6.10 Å². The van der Waals surface area contributed by atoms with Crippen LogP contribution in [0.25, 0.3) is 0 Å². The van der Waals surface area contributed by atoms with Gasteiger partial charge in [0.05, 0.1) is 0 Å². The van der Waals surface area contributed by atoms with Crippen molar-refractivity contribution in [2.45, 2.75) is 39.2 Å². The highest BCUT2D eigenvalue weighted by Gasteiger charge is 2.01. The number of ether oxygens (including phenoxy) is 1. The molecule has 0 N–H and O–H groups in total. The van der Waals surface area contributed by atoms with Gasteiger partial charge in [-0.25, -0.2) is 0 Å². The molecule has 10 heavy (non-hydrogen) atoms. The van der Waals surface area contributed by atoms with Gasteiger partial charge in [-0.1, -0.05) is 20.3 Å². The second-order valence-corrected chi connectivity index (χ2v) is 2.19. The molecular weight excluding hydrogens is 132 g/mol. The van der Waals surface area contributed by atoms with E-state index in [1.165, 1.54) is 0 Å². The normalized spacial score (nSPS) is 12.6. The molecule has 0 aromatic heterocycles. The maximum absolute atomic E-state index is 9.91. The average molecular weight is 145 g/mol. The van der Waals surface area contributed by atoms with Crippen LogP contribution in [-0.4, -0.2) is 12.3 Å². The zero-order chi connectivity index (χ0) is 7.98. The first-order chi connectivity index (χ1) is 4.70. The number of carbonyl (C=O) groups is 1. The monoisotopic (exact) mass is 145 g/mol. The molecule has 0 radical (unpaired) electrons. The predicted molar refractivity (Wildman–Crippen MR) is 35.5 cm³/mol. The van der Waals surface area contributed by atoms with Gasteiger partial charge >= 0.3 is 0 Å². The van der Waals surface area contributed by atoms with Crippen LogP contribution < -0.4 is 5.11 Å². The molecule has 0 aromatic rings. The SMILES string of the molecule is CCCC(CC)OC(=O)[O-]. The molecule has 60 valence electrons. The number of hydrogen-bond acceptors (Lipinski definition) is 3. The summed E-state index contributed by atoms with van der Waals surface area (Å²) in [5, 5.41) is 9.91. The summed E-state index contributed by atoms with van der Waals surface area (Å²) in [4.78, 5) is 9.91. The minimum absolute atomic E-state index is 0.171. The number of hydrogen-bond donors (Lipinski definition) is 0. The molecule has 0 heterocycles. The molecule has 3 heteroatoms. The van der Waals surface area contributed by atoms with Crippen molar-refractivity contribution in [1.29, 1.82) is 0 Å². The lowest BCUT2D eigenvalue weighted by Gasteiger charge is -2.19. The molecule has 1 unspecified atom stereocenters. The lowest BCUT2D eigenvalue weighted by molar-refractivity contribution is -0.287. The first-order valence-electron chi connectivity index (χ1n) is 3.58. The molecule has 0 spiro atoms. The Bertz CT molecular complexity index is 101. The van der Waals surface area contributed by atoms with Gasteiger partial charge in [0.2, 0.25) is 0 Å².